The first-order valence-corrected chi connectivity index (χ1v) is 9.56. The van der Waals surface area contributed by atoms with Crippen molar-refractivity contribution in [2.75, 3.05) is 37.4 Å². The third kappa shape index (κ3) is 6.58. The number of carbonyl (C=O) groups excluding carboxylic acids is 1. The number of hydrogen-bond donors (Lipinski definition) is 2. The molecule has 0 atom stereocenters. The Morgan fingerprint density at radius 1 is 1.23 bits per heavy atom. The molecule has 30 heavy (non-hydrogen) atoms. The van der Waals surface area contributed by atoms with E-state index in [2.05, 4.69) is 10.3 Å². The molecule has 1 aliphatic heterocycles. The van der Waals surface area contributed by atoms with Gasteiger partial charge in [-0.15, -0.1) is 0 Å². The molecule has 0 unspecified atom stereocenters. The van der Waals surface area contributed by atoms with Crippen LogP contribution in [0.15, 0.2) is 42.1 Å². The highest BCUT2D eigenvalue weighted by molar-refractivity contribution is 5.89. The zero-order valence-corrected chi connectivity index (χ0v) is 17.4. The van der Waals surface area contributed by atoms with Gasteiger partial charge in [0.15, 0.2) is 0 Å². The van der Waals surface area contributed by atoms with E-state index in [9.17, 15) is 9.18 Å². The van der Waals surface area contributed by atoms with Gasteiger partial charge in [-0.25, -0.2) is 9.18 Å². The lowest BCUT2D eigenvalue weighted by Crippen LogP contribution is -2.39. The maximum Gasteiger partial charge on any atom is 0.321 e. The van der Waals surface area contributed by atoms with Crippen molar-refractivity contribution in [2.45, 2.75) is 19.8 Å². The molecule has 2 N–H and O–H groups in total. The lowest BCUT2D eigenvalue weighted by Gasteiger charge is -2.28. The van der Waals surface area contributed by atoms with Gasteiger partial charge >= 0.3 is 6.03 Å². The van der Waals surface area contributed by atoms with Gasteiger partial charge in [0.05, 0.1) is 0 Å². The third-order valence-corrected chi connectivity index (χ3v) is 4.70. The molecular weight excluding hydrogens is 387 g/mol. The van der Waals surface area contributed by atoms with E-state index >= 15 is 0 Å². The molecule has 3 rings (SSSR count). The minimum atomic E-state index is -0.250. The van der Waals surface area contributed by atoms with Crippen LogP contribution in [0.5, 0.6) is 0 Å². The Hall–Kier alpha value is -3.42. The van der Waals surface area contributed by atoms with E-state index in [1.165, 1.54) is 0 Å². The Kier molecular flexibility index (Phi) is 8.34. The van der Waals surface area contributed by atoms with Crippen molar-refractivity contribution in [1.29, 1.82) is 0 Å². The number of carbonyl (C=O) groups is 2. The van der Waals surface area contributed by atoms with Crippen LogP contribution in [-0.2, 0) is 4.79 Å². The van der Waals surface area contributed by atoms with Crippen molar-refractivity contribution in [2.24, 2.45) is 0 Å². The maximum absolute atomic E-state index is 14.3. The number of piperidine rings is 1. The molecule has 0 aliphatic carbocycles. The van der Waals surface area contributed by atoms with Gasteiger partial charge in [-0.05, 0) is 50.1 Å². The van der Waals surface area contributed by atoms with E-state index in [0.29, 0.717) is 18.7 Å². The summed E-state index contributed by atoms with van der Waals surface area (Å²) in [5, 5.41) is 9.79. The minimum Gasteiger partial charge on any atom is -0.483 e. The quantitative estimate of drug-likeness (QED) is 0.742. The molecule has 2 aromatic rings. The van der Waals surface area contributed by atoms with Gasteiger partial charge in [-0.3, -0.25) is 9.78 Å². The Bertz CT molecular complexity index is 905. The number of aryl methyl sites for hydroxylation is 1. The number of nitrogens with one attached hydrogen (secondary N) is 1. The number of carboxylic acid groups (broad SMARTS) is 1. The number of amides is 2. The summed E-state index contributed by atoms with van der Waals surface area (Å²) in [5.41, 5.74) is 4.21. The number of anilines is 2. The lowest BCUT2D eigenvalue weighted by molar-refractivity contribution is -0.122. The molecule has 8 heteroatoms. The highest BCUT2D eigenvalue weighted by Gasteiger charge is 2.19. The molecule has 2 heterocycles. The highest BCUT2D eigenvalue weighted by atomic mass is 19.1. The average molecular weight is 414 g/mol. The first kappa shape index (κ1) is 22.9. The topological polar surface area (TPSA) is 85.8 Å². The van der Waals surface area contributed by atoms with Crippen LogP contribution in [0.2, 0.25) is 0 Å². The molecule has 0 bridgehead atoms. The van der Waals surface area contributed by atoms with Crippen molar-refractivity contribution in [3.8, 4) is 0 Å². The number of aromatic nitrogens is 1. The van der Waals surface area contributed by atoms with Crippen molar-refractivity contribution in [3.05, 3.63) is 59.2 Å². The van der Waals surface area contributed by atoms with Crippen LogP contribution >= 0.6 is 0 Å². The van der Waals surface area contributed by atoms with Crippen LogP contribution in [0.4, 0.5) is 20.6 Å². The number of benzene rings is 1. The molecule has 0 saturated carbocycles. The molecule has 0 radical (unpaired) electrons. The zero-order chi connectivity index (χ0) is 22.1. The number of pyridine rings is 1. The normalized spacial score (nSPS) is 13.1. The molecule has 7 nitrogen and oxygen atoms in total. The first-order valence-electron chi connectivity index (χ1n) is 9.56. The summed E-state index contributed by atoms with van der Waals surface area (Å²) in [5.74, 6) is -0.220. The van der Waals surface area contributed by atoms with Crippen molar-refractivity contribution in [3.63, 3.8) is 0 Å². The predicted molar refractivity (Wildman–Crippen MR) is 116 cm³/mol. The predicted octanol–water partition coefficient (Wildman–Crippen LogP) is 4.01. The van der Waals surface area contributed by atoms with Crippen LogP contribution in [0.1, 0.15) is 24.1 Å². The number of halogens is 1. The van der Waals surface area contributed by atoms with Crippen LogP contribution in [0, 0.1) is 12.7 Å². The molecule has 1 aromatic heterocycles. The second-order valence-corrected chi connectivity index (χ2v) is 7.11. The van der Waals surface area contributed by atoms with Crippen molar-refractivity contribution < 1.29 is 19.1 Å². The van der Waals surface area contributed by atoms with E-state index in [4.69, 9.17) is 9.90 Å². The van der Waals surface area contributed by atoms with Gasteiger partial charge in [0.25, 0.3) is 6.47 Å². The first-order chi connectivity index (χ1) is 14.3. The number of likely N-dealkylation sites (tertiary alicyclic amines) is 1. The summed E-state index contributed by atoms with van der Waals surface area (Å²) >= 11 is 0. The monoisotopic (exact) mass is 414 g/mol. The van der Waals surface area contributed by atoms with E-state index in [0.717, 1.165) is 35.5 Å². The van der Waals surface area contributed by atoms with Crippen molar-refractivity contribution in [1.82, 2.24) is 9.88 Å². The Labute approximate surface area is 175 Å². The second-order valence-electron chi connectivity index (χ2n) is 7.11. The van der Waals surface area contributed by atoms with Gasteiger partial charge in [0.1, 0.15) is 5.82 Å². The fourth-order valence-electron chi connectivity index (χ4n) is 3.10. The fourth-order valence-corrected chi connectivity index (χ4v) is 3.10. The molecule has 0 spiro atoms. The van der Waals surface area contributed by atoms with Crippen LogP contribution in [0.25, 0.3) is 6.08 Å². The molecule has 1 aromatic carbocycles. The lowest BCUT2D eigenvalue weighted by atomic mass is 10.0. The standard InChI is InChI=1S/C21H25FN4O.CH2O2/c1-15-12-18(6-9-23-15)24-21(27)26-10-7-16(8-11-26)13-17-4-5-19(25(2)3)14-20(17)22;2-1-3/h4-6,9,12-14H,7-8,10-11H2,1-3H3,(H,23,24,27);1H,(H,2,3). The molecule has 1 saturated heterocycles. The number of rotatable bonds is 3. The molecule has 160 valence electrons. The van der Waals surface area contributed by atoms with E-state index in [1.54, 1.807) is 23.2 Å². The number of nitrogens with zero attached hydrogens (tertiary/aromatic N) is 3. The maximum atomic E-state index is 14.3. The number of urea groups is 1. The molecular formula is C22H27FN4O3. The Balaban J connectivity index is 0.00000101. The van der Waals surface area contributed by atoms with Gasteiger partial charge in [-0.2, -0.15) is 0 Å². The zero-order valence-electron chi connectivity index (χ0n) is 17.4. The average Bonchev–Trinajstić information content (AvgIpc) is 2.70. The highest BCUT2D eigenvalue weighted by Crippen LogP contribution is 2.23. The second kappa shape index (κ2) is 10.9. The van der Waals surface area contributed by atoms with Crippen LogP contribution < -0.4 is 10.2 Å². The summed E-state index contributed by atoms with van der Waals surface area (Å²) in [6, 6.07) is 8.78. The Morgan fingerprint density at radius 2 is 1.90 bits per heavy atom. The van der Waals surface area contributed by atoms with Gasteiger partial charge in [0.2, 0.25) is 0 Å². The Morgan fingerprint density at radius 3 is 2.47 bits per heavy atom. The summed E-state index contributed by atoms with van der Waals surface area (Å²) in [4.78, 5) is 28.6. The summed E-state index contributed by atoms with van der Waals surface area (Å²) < 4.78 is 14.3. The van der Waals surface area contributed by atoms with Crippen molar-refractivity contribution >= 4 is 30.0 Å². The summed E-state index contributed by atoms with van der Waals surface area (Å²) in [6.07, 6.45) is 5.09. The van der Waals surface area contributed by atoms with Crippen LogP contribution in [0.3, 0.4) is 0 Å². The van der Waals surface area contributed by atoms with Gasteiger partial charge in [-0.1, -0.05) is 11.6 Å². The van der Waals surface area contributed by atoms with Gasteiger partial charge in [0, 0.05) is 56.0 Å². The smallest absolute Gasteiger partial charge is 0.321 e. The van der Waals surface area contributed by atoms with Gasteiger partial charge < -0.3 is 20.2 Å². The van der Waals surface area contributed by atoms with E-state index < -0.39 is 0 Å². The summed E-state index contributed by atoms with van der Waals surface area (Å²) in [7, 11) is 3.78. The number of hydrogen-bond acceptors (Lipinski definition) is 4. The van der Waals surface area contributed by atoms with E-state index in [-0.39, 0.29) is 18.3 Å². The minimum absolute atomic E-state index is 0.110. The SMILES string of the molecule is Cc1cc(NC(=O)N2CCC(=Cc3ccc(N(C)C)cc3F)CC2)ccn1.O=CO. The largest absolute Gasteiger partial charge is 0.483 e. The molecule has 2 amide bonds. The summed E-state index contributed by atoms with van der Waals surface area (Å²) in [6.45, 7) is 2.89. The molecule has 1 fully saturated rings. The fraction of sp³-hybridized carbons (Fsp3) is 0.318. The van der Waals surface area contributed by atoms with E-state index in [1.807, 2.05) is 50.2 Å². The molecule has 1 aliphatic rings. The van der Waals surface area contributed by atoms with Crippen LogP contribution in [-0.4, -0.2) is 54.7 Å². The third-order valence-electron chi connectivity index (χ3n) is 4.70.